The second kappa shape index (κ2) is 7.65. The van der Waals surface area contributed by atoms with Gasteiger partial charge in [-0.25, -0.2) is 0 Å². The molecule has 4 heteroatoms. The zero-order chi connectivity index (χ0) is 14.4. The van der Waals surface area contributed by atoms with Crippen molar-refractivity contribution >= 4 is 17.5 Å². The first-order chi connectivity index (χ1) is 9.70. The van der Waals surface area contributed by atoms with Gasteiger partial charge in [-0.05, 0) is 43.4 Å². The Morgan fingerprint density at radius 1 is 1.25 bits per heavy atom. The van der Waals surface area contributed by atoms with E-state index in [9.17, 15) is 4.79 Å². The van der Waals surface area contributed by atoms with Crippen LogP contribution >= 0.6 is 11.6 Å². The number of nitrogens with one attached hydrogen (secondary N) is 1. The molecule has 2 rings (SSSR count). The summed E-state index contributed by atoms with van der Waals surface area (Å²) in [7, 11) is 0. The molecule has 1 N–H and O–H groups in total. The molecule has 1 atom stereocenters. The Kier molecular flexibility index (Phi) is 5.86. The molecule has 1 unspecified atom stereocenters. The summed E-state index contributed by atoms with van der Waals surface area (Å²) in [4.78, 5) is 14.1. The third-order valence-corrected chi connectivity index (χ3v) is 4.14. The van der Waals surface area contributed by atoms with Crippen LogP contribution in [0.25, 0.3) is 0 Å². The lowest BCUT2D eigenvalue weighted by atomic mass is 10.0. The Balaban J connectivity index is 1.86. The Bertz CT molecular complexity index is 427. The van der Waals surface area contributed by atoms with Gasteiger partial charge in [0.25, 0.3) is 0 Å². The summed E-state index contributed by atoms with van der Waals surface area (Å²) in [5.41, 5.74) is 1.18. The minimum absolute atomic E-state index is 0.209. The van der Waals surface area contributed by atoms with Crippen LogP contribution in [0, 0.1) is 0 Å². The summed E-state index contributed by atoms with van der Waals surface area (Å²) in [6.07, 6.45) is 4.48. The van der Waals surface area contributed by atoms with Crippen LogP contribution in [0.1, 0.15) is 44.2 Å². The van der Waals surface area contributed by atoms with E-state index < -0.39 is 0 Å². The molecule has 1 aliphatic rings. The number of benzene rings is 1. The molecule has 0 aromatic heterocycles. The van der Waals surface area contributed by atoms with E-state index in [0.717, 1.165) is 37.4 Å². The van der Waals surface area contributed by atoms with Crippen molar-refractivity contribution in [2.24, 2.45) is 0 Å². The fourth-order valence-corrected chi connectivity index (χ4v) is 2.78. The normalized spacial score (nSPS) is 17.0. The quantitative estimate of drug-likeness (QED) is 0.903. The monoisotopic (exact) mass is 294 g/mol. The molecule has 1 fully saturated rings. The number of hydrogen-bond acceptors (Lipinski definition) is 2. The van der Waals surface area contributed by atoms with Crippen LogP contribution < -0.4 is 5.32 Å². The van der Waals surface area contributed by atoms with Crippen molar-refractivity contribution in [1.29, 1.82) is 0 Å². The molecule has 1 saturated heterocycles. The standard InChI is InChI=1S/C16H23ClN2O/c1-2-15(13-6-8-14(17)9-7-13)18-12-16(20)19-10-4-3-5-11-19/h6-9,15,18H,2-5,10-12H2,1H3. The molecule has 1 amide bonds. The van der Waals surface area contributed by atoms with Gasteiger partial charge in [0.05, 0.1) is 6.54 Å². The first-order valence-electron chi connectivity index (χ1n) is 7.47. The number of nitrogens with zero attached hydrogens (tertiary/aromatic N) is 1. The van der Waals surface area contributed by atoms with E-state index >= 15 is 0 Å². The lowest BCUT2D eigenvalue weighted by molar-refractivity contribution is -0.131. The minimum Gasteiger partial charge on any atom is -0.342 e. The van der Waals surface area contributed by atoms with Gasteiger partial charge >= 0.3 is 0 Å². The first-order valence-corrected chi connectivity index (χ1v) is 7.85. The van der Waals surface area contributed by atoms with Crippen molar-refractivity contribution in [1.82, 2.24) is 10.2 Å². The molecule has 0 radical (unpaired) electrons. The maximum Gasteiger partial charge on any atom is 0.236 e. The highest BCUT2D eigenvalue weighted by atomic mass is 35.5. The fourth-order valence-electron chi connectivity index (χ4n) is 2.66. The summed E-state index contributed by atoms with van der Waals surface area (Å²) < 4.78 is 0. The van der Waals surface area contributed by atoms with Gasteiger partial charge in [-0.15, -0.1) is 0 Å². The Labute approximate surface area is 126 Å². The van der Waals surface area contributed by atoms with Crippen molar-refractivity contribution in [3.05, 3.63) is 34.9 Å². The number of likely N-dealkylation sites (tertiary alicyclic amines) is 1. The highest BCUT2D eigenvalue weighted by Gasteiger charge is 2.17. The summed E-state index contributed by atoms with van der Waals surface area (Å²) in [5, 5.41) is 4.11. The molecular weight excluding hydrogens is 272 g/mol. The zero-order valence-corrected chi connectivity index (χ0v) is 12.8. The molecule has 1 aromatic rings. The number of amides is 1. The number of hydrogen-bond donors (Lipinski definition) is 1. The van der Waals surface area contributed by atoms with Crippen molar-refractivity contribution in [3.63, 3.8) is 0 Å². The van der Waals surface area contributed by atoms with Gasteiger partial charge in [-0.2, -0.15) is 0 Å². The number of halogens is 1. The molecule has 1 heterocycles. The Hall–Kier alpha value is -1.06. The van der Waals surface area contributed by atoms with E-state index in [-0.39, 0.29) is 11.9 Å². The average Bonchev–Trinajstić information content (AvgIpc) is 2.50. The predicted octanol–water partition coefficient (Wildman–Crippen LogP) is 3.39. The van der Waals surface area contributed by atoms with Gasteiger partial charge in [0, 0.05) is 24.2 Å². The molecule has 110 valence electrons. The third-order valence-electron chi connectivity index (χ3n) is 3.89. The summed E-state index contributed by atoms with van der Waals surface area (Å²) in [6.45, 7) is 4.37. The highest BCUT2D eigenvalue weighted by Crippen LogP contribution is 2.19. The van der Waals surface area contributed by atoms with Crippen molar-refractivity contribution in [2.75, 3.05) is 19.6 Å². The molecule has 3 nitrogen and oxygen atoms in total. The summed E-state index contributed by atoms with van der Waals surface area (Å²) in [5.74, 6) is 0.220. The van der Waals surface area contributed by atoms with E-state index in [4.69, 9.17) is 11.6 Å². The van der Waals surface area contributed by atoms with Crippen LogP contribution in [-0.4, -0.2) is 30.4 Å². The van der Waals surface area contributed by atoms with E-state index in [1.165, 1.54) is 12.0 Å². The third kappa shape index (κ3) is 4.22. The lowest BCUT2D eigenvalue weighted by Gasteiger charge is -2.28. The maximum atomic E-state index is 12.1. The molecule has 0 spiro atoms. The maximum absolute atomic E-state index is 12.1. The number of carbonyl (C=O) groups is 1. The number of piperidine rings is 1. The van der Waals surface area contributed by atoms with Crippen LogP contribution in [-0.2, 0) is 4.79 Å². The van der Waals surface area contributed by atoms with E-state index in [1.54, 1.807) is 0 Å². The highest BCUT2D eigenvalue weighted by molar-refractivity contribution is 6.30. The molecule has 0 saturated carbocycles. The van der Waals surface area contributed by atoms with Gasteiger partial charge in [0.2, 0.25) is 5.91 Å². The smallest absolute Gasteiger partial charge is 0.236 e. The Morgan fingerprint density at radius 3 is 2.50 bits per heavy atom. The molecule has 0 bridgehead atoms. The van der Waals surface area contributed by atoms with Gasteiger partial charge in [0.15, 0.2) is 0 Å². The minimum atomic E-state index is 0.209. The summed E-state index contributed by atoms with van der Waals surface area (Å²) >= 11 is 5.91. The topological polar surface area (TPSA) is 32.3 Å². The molecule has 0 aliphatic carbocycles. The van der Waals surface area contributed by atoms with E-state index in [2.05, 4.69) is 12.2 Å². The van der Waals surface area contributed by atoms with Crippen molar-refractivity contribution in [2.45, 2.75) is 38.6 Å². The van der Waals surface area contributed by atoms with Crippen LogP contribution in [0.15, 0.2) is 24.3 Å². The van der Waals surface area contributed by atoms with Crippen molar-refractivity contribution in [3.8, 4) is 0 Å². The van der Waals surface area contributed by atoms with Crippen molar-refractivity contribution < 1.29 is 4.79 Å². The zero-order valence-electron chi connectivity index (χ0n) is 12.1. The first kappa shape index (κ1) is 15.3. The van der Waals surface area contributed by atoms with E-state index in [0.29, 0.717) is 6.54 Å². The number of carbonyl (C=O) groups excluding carboxylic acids is 1. The molecule has 20 heavy (non-hydrogen) atoms. The van der Waals surface area contributed by atoms with Gasteiger partial charge in [0.1, 0.15) is 0 Å². The van der Waals surface area contributed by atoms with Gasteiger partial charge in [-0.1, -0.05) is 30.7 Å². The summed E-state index contributed by atoms with van der Waals surface area (Å²) in [6, 6.07) is 8.05. The van der Waals surface area contributed by atoms with E-state index in [1.807, 2.05) is 29.2 Å². The second-order valence-electron chi connectivity index (χ2n) is 5.33. The number of rotatable bonds is 5. The molecular formula is C16H23ClN2O. The average molecular weight is 295 g/mol. The van der Waals surface area contributed by atoms with Gasteiger partial charge < -0.3 is 10.2 Å². The van der Waals surface area contributed by atoms with Gasteiger partial charge in [-0.3, -0.25) is 4.79 Å². The van der Waals surface area contributed by atoms with Crippen LogP contribution in [0.4, 0.5) is 0 Å². The fraction of sp³-hybridized carbons (Fsp3) is 0.562. The van der Waals surface area contributed by atoms with Crippen LogP contribution in [0.2, 0.25) is 5.02 Å². The predicted molar refractivity (Wildman–Crippen MR) is 82.9 cm³/mol. The Morgan fingerprint density at radius 2 is 1.90 bits per heavy atom. The lowest BCUT2D eigenvalue weighted by Crippen LogP contribution is -2.41. The SMILES string of the molecule is CCC(NCC(=O)N1CCCCC1)c1ccc(Cl)cc1. The van der Waals surface area contributed by atoms with Crippen LogP contribution in [0.5, 0.6) is 0 Å². The largest absolute Gasteiger partial charge is 0.342 e. The second-order valence-corrected chi connectivity index (χ2v) is 5.77. The molecule has 1 aromatic carbocycles. The molecule has 1 aliphatic heterocycles. The van der Waals surface area contributed by atoms with Crippen LogP contribution in [0.3, 0.4) is 0 Å².